The van der Waals surface area contributed by atoms with E-state index in [1.54, 1.807) is 0 Å². The van der Waals surface area contributed by atoms with Gasteiger partial charge in [0.15, 0.2) is 0 Å². The third kappa shape index (κ3) is 4.34. The van der Waals surface area contributed by atoms with Crippen LogP contribution >= 0.6 is 0 Å². The summed E-state index contributed by atoms with van der Waals surface area (Å²) in [6, 6.07) is 8.56. The van der Waals surface area contributed by atoms with E-state index < -0.39 is 0 Å². The van der Waals surface area contributed by atoms with Crippen molar-refractivity contribution in [1.29, 1.82) is 0 Å². The lowest BCUT2D eigenvalue weighted by Gasteiger charge is -2.36. The van der Waals surface area contributed by atoms with Crippen molar-refractivity contribution >= 4 is 17.3 Å². The molecule has 0 fully saturated rings. The van der Waals surface area contributed by atoms with Crippen molar-refractivity contribution in [2.75, 3.05) is 18.2 Å². The second-order valence-electron chi connectivity index (χ2n) is 8.35. The fraction of sp³-hybridized carbons (Fsp3) is 0.636. The van der Waals surface area contributed by atoms with Gasteiger partial charge in [0.25, 0.3) is 0 Å². The van der Waals surface area contributed by atoms with Gasteiger partial charge in [0.1, 0.15) is 5.92 Å². The number of anilines is 1. The minimum Gasteiger partial charge on any atom is -0.396 e. The molecule has 3 rings (SSSR count). The lowest BCUT2D eigenvalue weighted by Crippen LogP contribution is -2.46. The van der Waals surface area contributed by atoms with Crippen LogP contribution in [0.1, 0.15) is 64.4 Å². The van der Waals surface area contributed by atoms with Crippen LogP contribution in [0.25, 0.3) is 0 Å². The van der Waals surface area contributed by atoms with Crippen LogP contribution in [0.2, 0.25) is 0 Å². The van der Waals surface area contributed by atoms with Gasteiger partial charge in [-0.05, 0) is 55.6 Å². The fourth-order valence-corrected chi connectivity index (χ4v) is 4.36. The van der Waals surface area contributed by atoms with Crippen molar-refractivity contribution in [3.05, 3.63) is 29.8 Å². The highest BCUT2D eigenvalue weighted by Gasteiger charge is 2.45. The molecule has 0 radical (unpaired) electrons. The highest BCUT2D eigenvalue weighted by molar-refractivity contribution is 6.07. The van der Waals surface area contributed by atoms with Crippen LogP contribution in [0.4, 0.5) is 5.69 Å². The maximum absolute atomic E-state index is 13.1. The number of hydrogen-bond acceptors (Lipinski definition) is 4. The van der Waals surface area contributed by atoms with Gasteiger partial charge in [-0.15, -0.1) is 0 Å². The van der Waals surface area contributed by atoms with Crippen LogP contribution in [0.15, 0.2) is 29.4 Å². The number of carbonyl (C=O) groups excluding carboxylic acids is 1. The maximum Gasteiger partial charge on any atom is 0.231 e. The van der Waals surface area contributed by atoms with E-state index in [9.17, 15) is 4.79 Å². The highest BCUT2D eigenvalue weighted by Crippen LogP contribution is 2.44. The Morgan fingerprint density at radius 2 is 2.07 bits per heavy atom. The Bertz CT molecular complexity index is 686. The molecule has 0 bridgehead atoms. The number of fused-ring (bicyclic) bond motifs is 3. The Kier molecular flexibility index (Phi) is 6.53. The van der Waals surface area contributed by atoms with Crippen LogP contribution in [0, 0.1) is 11.8 Å². The predicted molar refractivity (Wildman–Crippen MR) is 110 cm³/mol. The summed E-state index contributed by atoms with van der Waals surface area (Å²) in [5, 5.41) is 19.1. The van der Waals surface area contributed by atoms with E-state index in [-0.39, 0.29) is 24.5 Å². The van der Waals surface area contributed by atoms with Gasteiger partial charge in [0, 0.05) is 13.2 Å². The molecule has 1 amide bonds. The molecular formula is C22H33N3O2. The zero-order valence-corrected chi connectivity index (χ0v) is 16.8. The first-order valence-electron chi connectivity index (χ1n) is 10.4. The number of carbonyl (C=O) groups is 1. The van der Waals surface area contributed by atoms with Crippen LogP contribution in [0.3, 0.4) is 0 Å². The Balaban J connectivity index is 1.78. The molecule has 0 spiro atoms. The van der Waals surface area contributed by atoms with Gasteiger partial charge in [0.2, 0.25) is 5.91 Å². The molecule has 0 aliphatic carbocycles. The molecule has 2 heterocycles. The van der Waals surface area contributed by atoms with E-state index in [0.717, 1.165) is 43.5 Å². The normalized spacial score (nSPS) is 23.8. The molecule has 27 heavy (non-hydrogen) atoms. The maximum atomic E-state index is 13.1. The molecule has 0 aromatic heterocycles. The molecule has 3 unspecified atom stereocenters. The standard InChI is InChI=1S/C22H33N3O2/c1-15(2)13-18-21(22(27)23-11-7-4-8-12-26)20-14-16(3)17-9-5-6-10-19(17)25(20)24-18/h5-6,9-10,15-16,20-21,26H,4,7-8,11-14H2,1-3H3,(H,23,27). The summed E-state index contributed by atoms with van der Waals surface area (Å²) in [4.78, 5) is 13.1. The van der Waals surface area contributed by atoms with Crippen LogP contribution in [0.5, 0.6) is 0 Å². The number of nitrogens with one attached hydrogen (secondary N) is 1. The number of nitrogens with zero attached hydrogens (tertiary/aromatic N) is 2. The zero-order chi connectivity index (χ0) is 19.4. The van der Waals surface area contributed by atoms with Crippen molar-refractivity contribution in [2.45, 2.75) is 64.8 Å². The van der Waals surface area contributed by atoms with Crippen molar-refractivity contribution in [1.82, 2.24) is 5.32 Å². The van der Waals surface area contributed by atoms with E-state index in [0.29, 0.717) is 18.4 Å². The molecule has 2 aliphatic heterocycles. The smallest absolute Gasteiger partial charge is 0.231 e. The van der Waals surface area contributed by atoms with E-state index in [4.69, 9.17) is 10.2 Å². The minimum absolute atomic E-state index is 0.109. The lowest BCUT2D eigenvalue weighted by molar-refractivity contribution is -0.123. The number of hydrogen-bond donors (Lipinski definition) is 2. The molecule has 148 valence electrons. The molecule has 1 aromatic carbocycles. The van der Waals surface area contributed by atoms with Crippen LogP contribution in [-0.4, -0.2) is 35.9 Å². The summed E-state index contributed by atoms with van der Waals surface area (Å²) in [6.07, 6.45) is 4.44. The quantitative estimate of drug-likeness (QED) is 0.685. The minimum atomic E-state index is -0.166. The monoisotopic (exact) mass is 371 g/mol. The van der Waals surface area contributed by atoms with Crippen molar-refractivity contribution in [3.8, 4) is 0 Å². The number of unbranched alkanes of at least 4 members (excludes halogenated alkanes) is 2. The number of hydrazone groups is 1. The molecule has 1 aromatic rings. The largest absolute Gasteiger partial charge is 0.396 e. The summed E-state index contributed by atoms with van der Waals surface area (Å²) in [6.45, 7) is 7.50. The Morgan fingerprint density at radius 3 is 2.81 bits per heavy atom. The van der Waals surface area contributed by atoms with Gasteiger partial charge >= 0.3 is 0 Å². The number of aliphatic hydroxyl groups is 1. The molecule has 2 aliphatic rings. The average molecular weight is 372 g/mol. The average Bonchev–Trinajstić information content (AvgIpc) is 2.99. The first-order valence-corrected chi connectivity index (χ1v) is 10.4. The summed E-state index contributed by atoms with van der Waals surface area (Å²) in [7, 11) is 0. The first-order chi connectivity index (χ1) is 13.0. The molecule has 2 N–H and O–H groups in total. The molecule has 5 heteroatoms. The van der Waals surface area contributed by atoms with E-state index in [1.807, 2.05) is 0 Å². The summed E-state index contributed by atoms with van der Waals surface area (Å²) >= 11 is 0. The topological polar surface area (TPSA) is 64.9 Å². The first kappa shape index (κ1) is 19.9. The number of benzene rings is 1. The van der Waals surface area contributed by atoms with E-state index >= 15 is 0 Å². The molecule has 5 nitrogen and oxygen atoms in total. The summed E-state index contributed by atoms with van der Waals surface area (Å²) < 4.78 is 0. The third-order valence-corrected chi connectivity index (χ3v) is 5.64. The van der Waals surface area contributed by atoms with E-state index in [2.05, 4.69) is 55.4 Å². The molecule has 0 saturated heterocycles. The van der Waals surface area contributed by atoms with Gasteiger partial charge < -0.3 is 10.4 Å². The van der Waals surface area contributed by atoms with Gasteiger partial charge in [-0.1, -0.05) is 39.0 Å². The second-order valence-corrected chi connectivity index (χ2v) is 8.35. The Morgan fingerprint density at radius 1 is 1.30 bits per heavy atom. The van der Waals surface area contributed by atoms with Crippen LogP contribution < -0.4 is 10.3 Å². The Labute approximate surface area is 162 Å². The predicted octanol–water partition coefficient (Wildman–Crippen LogP) is 3.68. The Hall–Kier alpha value is -1.88. The summed E-state index contributed by atoms with van der Waals surface area (Å²) in [5.74, 6) is 0.840. The SMILES string of the molecule is CC(C)CC1=NN2c3ccccc3C(C)CC2C1C(=O)NCCCCCO. The fourth-order valence-electron chi connectivity index (χ4n) is 4.36. The zero-order valence-electron chi connectivity index (χ0n) is 16.8. The van der Waals surface area contributed by atoms with Crippen molar-refractivity contribution in [2.24, 2.45) is 16.9 Å². The van der Waals surface area contributed by atoms with Gasteiger partial charge in [-0.3, -0.25) is 9.80 Å². The number of rotatable bonds is 8. The molecule has 3 atom stereocenters. The van der Waals surface area contributed by atoms with Crippen LogP contribution in [-0.2, 0) is 4.79 Å². The lowest BCUT2D eigenvalue weighted by atomic mass is 9.80. The number of para-hydroxylation sites is 1. The van der Waals surface area contributed by atoms with E-state index in [1.165, 1.54) is 5.56 Å². The second kappa shape index (κ2) is 8.87. The highest BCUT2D eigenvalue weighted by atomic mass is 16.2. The number of amides is 1. The van der Waals surface area contributed by atoms with Crippen molar-refractivity contribution in [3.63, 3.8) is 0 Å². The third-order valence-electron chi connectivity index (χ3n) is 5.64. The summed E-state index contributed by atoms with van der Waals surface area (Å²) in [5.41, 5.74) is 3.50. The van der Waals surface area contributed by atoms with Gasteiger partial charge in [-0.25, -0.2) is 0 Å². The number of aliphatic hydroxyl groups excluding tert-OH is 1. The van der Waals surface area contributed by atoms with Crippen molar-refractivity contribution < 1.29 is 9.90 Å². The molecular weight excluding hydrogens is 338 g/mol. The van der Waals surface area contributed by atoms with Gasteiger partial charge in [0.05, 0.1) is 17.4 Å². The molecule has 0 saturated carbocycles. The van der Waals surface area contributed by atoms with Gasteiger partial charge in [-0.2, -0.15) is 5.10 Å².